The van der Waals surface area contributed by atoms with Gasteiger partial charge in [-0.05, 0) is 100 Å². The smallest absolute Gasteiger partial charge is 0.160 e. The van der Waals surface area contributed by atoms with Crippen molar-refractivity contribution in [3.63, 3.8) is 0 Å². The maximum absolute atomic E-state index is 10.1. The zero-order chi connectivity index (χ0) is 23.5. The van der Waals surface area contributed by atoms with Crippen molar-refractivity contribution in [3.8, 4) is 17.2 Å². The number of hydrogen-bond donors (Lipinski definition) is 3. The van der Waals surface area contributed by atoms with Gasteiger partial charge in [-0.1, -0.05) is 44.0 Å². The minimum Gasteiger partial charge on any atom is -0.508 e. The van der Waals surface area contributed by atoms with Crippen LogP contribution in [0.25, 0.3) is 0 Å². The third kappa shape index (κ3) is 8.24. The van der Waals surface area contributed by atoms with E-state index in [2.05, 4.69) is 16.7 Å². The van der Waals surface area contributed by atoms with Crippen LogP contribution in [-0.2, 0) is 12.8 Å². The van der Waals surface area contributed by atoms with E-state index in [-0.39, 0.29) is 11.5 Å². The summed E-state index contributed by atoms with van der Waals surface area (Å²) in [6.07, 6.45) is 10.4. The molecule has 3 rings (SSSR count). The molecule has 1 fully saturated rings. The number of nitrogens with zero attached hydrogens (tertiary/aromatic N) is 2. The maximum atomic E-state index is 10.1. The molecule has 1 saturated heterocycles. The Morgan fingerprint density at radius 3 is 2.48 bits per heavy atom. The fraction of sp³-hybridized carbons (Fsp3) is 0.571. The maximum Gasteiger partial charge on any atom is 0.160 e. The number of phenolic OH excluding ortho intramolecular Hbond substituents is 3. The van der Waals surface area contributed by atoms with Gasteiger partial charge in [0, 0.05) is 12.6 Å². The average Bonchev–Trinajstić information content (AvgIpc) is 3.25. The van der Waals surface area contributed by atoms with E-state index in [1.807, 2.05) is 24.3 Å². The van der Waals surface area contributed by atoms with E-state index < -0.39 is 0 Å². The fourth-order valence-corrected chi connectivity index (χ4v) is 5.02. The molecule has 0 unspecified atom stereocenters. The molecule has 2 aromatic rings. The number of rotatable bonds is 14. The van der Waals surface area contributed by atoms with Crippen molar-refractivity contribution in [2.75, 3.05) is 32.7 Å². The van der Waals surface area contributed by atoms with Crippen LogP contribution in [-0.4, -0.2) is 63.9 Å². The number of unbranched alkanes of at least 4 members (excludes halogenated alkanes) is 3. The van der Waals surface area contributed by atoms with Gasteiger partial charge in [-0.15, -0.1) is 0 Å². The van der Waals surface area contributed by atoms with Gasteiger partial charge in [0.05, 0.1) is 0 Å². The topological polar surface area (TPSA) is 67.2 Å². The Bertz CT molecular complexity index is 824. The van der Waals surface area contributed by atoms with E-state index in [1.54, 1.807) is 18.2 Å². The van der Waals surface area contributed by atoms with Crippen molar-refractivity contribution >= 4 is 0 Å². The lowest BCUT2D eigenvalue weighted by molar-refractivity contribution is 0.241. The van der Waals surface area contributed by atoms with Gasteiger partial charge in [0.25, 0.3) is 0 Å². The summed E-state index contributed by atoms with van der Waals surface area (Å²) in [7, 11) is 0. The van der Waals surface area contributed by atoms with Gasteiger partial charge >= 0.3 is 0 Å². The van der Waals surface area contributed by atoms with Crippen LogP contribution in [0.15, 0.2) is 42.5 Å². The molecule has 0 radical (unpaired) electrons. The van der Waals surface area contributed by atoms with E-state index in [4.69, 9.17) is 0 Å². The van der Waals surface area contributed by atoms with Crippen molar-refractivity contribution in [1.29, 1.82) is 0 Å². The van der Waals surface area contributed by atoms with Crippen molar-refractivity contribution < 1.29 is 15.3 Å². The SMILES string of the molecule is CCCN(CCCCCCN1CCC[C@@H]1Cc1cccc(O)c1O)CCc1ccc(O)cc1. The van der Waals surface area contributed by atoms with Gasteiger partial charge in [-0.25, -0.2) is 0 Å². The van der Waals surface area contributed by atoms with Crippen LogP contribution in [0.5, 0.6) is 17.2 Å². The van der Waals surface area contributed by atoms with Gasteiger partial charge < -0.3 is 25.1 Å². The first-order valence-electron chi connectivity index (χ1n) is 12.8. The van der Waals surface area contributed by atoms with Crippen LogP contribution in [0.4, 0.5) is 0 Å². The highest BCUT2D eigenvalue weighted by molar-refractivity contribution is 5.44. The van der Waals surface area contributed by atoms with Crippen LogP contribution in [0.3, 0.4) is 0 Å². The van der Waals surface area contributed by atoms with Crippen LogP contribution in [0.1, 0.15) is 63.0 Å². The minimum absolute atomic E-state index is 0.0165. The second-order valence-corrected chi connectivity index (χ2v) is 9.49. The lowest BCUT2D eigenvalue weighted by Crippen LogP contribution is -2.32. The van der Waals surface area contributed by atoms with E-state index in [9.17, 15) is 15.3 Å². The summed E-state index contributed by atoms with van der Waals surface area (Å²) in [6, 6.07) is 13.3. The molecule has 1 heterocycles. The first-order valence-corrected chi connectivity index (χ1v) is 12.8. The molecule has 3 N–H and O–H groups in total. The Morgan fingerprint density at radius 2 is 1.70 bits per heavy atom. The standard InChI is InChI=1S/C28H42N2O3/c1-2-17-29(21-16-23-12-14-26(31)15-13-23)18-5-3-4-6-19-30-20-8-10-25(30)22-24-9-7-11-27(32)28(24)33/h7,9,11-15,25,31-33H,2-6,8,10,16-22H2,1H3/t25-/m1/s1. The number of aromatic hydroxyl groups is 3. The predicted molar refractivity (Wildman–Crippen MR) is 135 cm³/mol. The molecule has 2 aromatic carbocycles. The molecule has 0 aromatic heterocycles. The van der Waals surface area contributed by atoms with E-state index in [0.29, 0.717) is 11.8 Å². The van der Waals surface area contributed by atoms with Crippen LogP contribution in [0.2, 0.25) is 0 Å². The van der Waals surface area contributed by atoms with Crippen LogP contribution < -0.4 is 0 Å². The molecule has 1 atom stereocenters. The van der Waals surface area contributed by atoms with E-state index in [0.717, 1.165) is 51.1 Å². The molecule has 0 saturated carbocycles. The van der Waals surface area contributed by atoms with Crippen molar-refractivity contribution in [2.24, 2.45) is 0 Å². The van der Waals surface area contributed by atoms with E-state index in [1.165, 1.54) is 50.5 Å². The molecular weight excluding hydrogens is 412 g/mol. The lowest BCUT2D eigenvalue weighted by Gasteiger charge is -2.25. The Hall–Kier alpha value is -2.24. The monoisotopic (exact) mass is 454 g/mol. The quantitative estimate of drug-likeness (QED) is 0.266. The molecule has 5 heteroatoms. The first-order chi connectivity index (χ1) is 16.1. The van der Waals surface area contributed by atoms with Gasteiger partial charge in [0.1, 0.15) is 5.75 Å². The summed E-state index contributed by atoms with van der Waals surface area (Å²) in [5.74, 6) is 0.366. The molecule has 1 aliphatic rings. The number of hydrogen-bond acceptors (Lipinski definition) is 5. The molecule has 0 aliphatic carbocycles. The van der Waals surface area contributed by atoms with Crippen molar-refractivity contribution in [2.45, 2.75) is 70.8 Å². The van der Waals surface area contributed by atoms with Gasteiger partial charge in [-0.3, -0.25) is 0 Å². The molecular formula is C28H42N2O3. The number of likely N-dealkylation sites (tertiary alicyclic amines) is 1. The van der Waals surface area contributed by atoms with Crippen LogP contribution >= 0.6 is 0 Å². The van der Waals surface area contributed by atoms with Gasteiger partial charge in [0.2, 0.25) is 0 Å². The molecule has 1 aliphatic heterocycles. The van der Waals surface area contributed by atoms with E-state index >= 15 is 0 Å². The second kappa shape index (κ2) is 13.5. The average molecular weight is 455 g/mol. The lowest BCUT2D eigenvalue weighted by atomic mass is 10.0. The third-order valence-corrected chi connectivity index (χ3v) is 6.92. The zero-order valence-electron chi connectivity index (χ0n) is 20.3. The molecule has 0 bridgehead atoms. The number of para-hydroxylation sites is 1. The Kier molecular flexibility index (Phi) is 10.4. The second-order valence-electron chi connectivity index (χ2n) is 9.49. The molecule has 5 nitrogen and oxygen atoms in total. The fourth-order valence-electron chi connectivity index (χ4n) is 5.02. The normalized spacial score (nSPS) is 16.6. The van der Waals surface area contributed by atoms with Gasteiger partial charge in [-0.2, -0.15) is 0 Å². The highest BCUT2D eigenvalue weighted by atomic mass is 16.3. The summed E-state index contributed by atoms with van der Waals surface area (Å²) >= 11 is 0. The van der Waals surface area contributed by atoms with Crippen LogP contribution in [0, 0.1) is 0 Å². The summed E-state index contributed by atoms with van der Waals surface area (Å²) in [6.45, 7) is 7.91. The highest BCUT2D eigenvalue weighted by Gasteiger charge is 2.25. The number of phenols is 3. The number of benzene rings is 2. The molecule has 182 valence electrons. The molecule has 0 amide bonds. The third-order valence-electron chi connectivity index (χ3n) is 6.92. The largest absolute Gasteiger partial charge is 0.508 e. The molecule has 0 spiro atoms. The summed E-state index contributed by atoms with van der Waals surface area (Å²) in [4.78, 5) is 5.15. The predicted octanol–water partition coefficient (Wildman–Crippen LogP) is 5.33. The summed E-state index contributed by atoms with van der Waals surface area (Å²) in [5.41, 5.74) is 2.14. The summed E-state index contributed by atoms with van der Waals surface area (Å²) in [5, 5.41) is 29.3. The molecule has 33 heavy (non-hydrogen) atoms. The minimum atomic E-state index is -0.0165. The first kappa shape index (κ1) is 25.4. The van der Waals surface area contributed by atoms with Crippen molar-refractivity contribution in [3.05, 3.63) is 53.6 Å². The highest BCUT2D eigenvalue weighted by Crippen LogP contribution is 2.31. The summed E-state index contributed by atoms with van der Waals surface area (Å²) < 4.78 is 0. The zero-order valence-corrected chi connectivity index (χ0v) is 20.3. The van der Waals surface area contributed by atoms with Gasteiger partial charge in [0.15, 0.2) is 11.5 Å². The Morgan fingerprint density at radius 1 is 0.909 bits per heavy atom. The van der Waals surface area contributed by atoms with Crippen molar-refractivity contribution in [1.82, 2.24) is 9.80 Å². The Labute approximate surface area is 199 Å². The Balaban J connectivity index is 1.32.